The van der Waals surface area contributed by atoms with Gasteiger partial charge in [0, 0.05) is 18.9 Å². The van der Waals surface area contributed by atoms with Gasteiger partial charge in [0.1, 0.15) is 0 Å². The summed E-state index contributed by atoms with van der Waals surface area (Å²) < 4.78 is 1.87. The Labute approximate surface area is 114 Å². The highest BCUT2D eigenvalue weighted by Crippen LogP contribution is 2.11. The first kappa shape index (κ1) is 13.8. The zero-order valence-corrected chi connectivity index (χ0v) is 11.5. The Morgan fingerprint density at radius 3 is 2.58 bits per heavy atom. The van der Waals surface area contributed by atoms with Crippen molar-refractivity contribution in [2.75, 3.05) is 0 Å². The topological polar surface area (TPSA) is 38.0 Å². The first-order valence-corrected chi connectivity index (χ1v) is 6.94. The van der Waals surface area contributed by atoms with E-state index >= 15 is 0 Å². The minimum absolute atomic E-state index is 0.210. The summed E-state index contributed by atoms with van der Waals surface area (Å²) >= 11 is 0. The SMILES string of the molecule is Cn1nccc1CCC(O)CCCc1ccccc1. The van der Waals surface area contributed by atoms with E-state index in [2.05, 4.69) is 29.4 Å². The highest BCUT2D eigenvalue weighted by Gasteiger charge is 2.06. The Morgan fingerprint density at radius 1 is 1.11 bits per heavy atom. The zero-order valence-electron chi connectivity index (χ0n) is 11.5. The summed E-state index contributed by atoms with van der Waals surface area (Å²) in [6.45, 7) is 0. The van der Waals surface area contributed by atoms with Crippen molar-refractivity contribution >= 4 is 0 Å². The molecular weight excluding hydrogens is 236 g/mol. The molecule has 1 aromatic carbocycles. The average Bonchev–Trinajstić information content (AvgIpc) is 2.83. The highest BCUT2D eigenvalue weighted by molar-refractivity contribution is 5.14. The van der Waals surface area contributed by atoms with Gasteiger partial charge in [-0.3, -0.25) is 4.68 Å². The van der Waals surface area contributed by atoms with Gasteiger partial charge in [-0.15, -0.1) is 0 Å². The Hall–Kier alpha value is -1.61. The van der Waals surface area contributed by atoms with E-state index in [0.717, 1.165) is 32.1 Å². The number of hydrogen-bond acceptors (Lipinski definition) is 2. The molecule has 2 rings (SSSR count). The smallest absolute Gasteiger partial charge is 0.0544 e. The van der Waals surface area contributed by atoms with Gasteiger partial charge in [-0.1, -0.05) is 30.3 Å². The van der Waals surface area contributed by atoms with Gasteiger partial charge in [0.25, 0.3) is 0 Å². The highest BCUT2D eigenvalue weighted by atomic mass is 16.3. The van der Waals surface area contributed by atoms with E-state index in [1.165, 1.54) is 11.3 Å². The van der Waals surface area contributed by atoms with E-state index < -0.39 is 0 Å². The summed E-state index contributed by atoms with van der Waals surface area (Å²) in [5, 5.41) is 14.1. The number of aryl methyl sites for hydroxylation is 3. The minimum atomic E-state index is -0.210. The van der Waals surface area contributed by atoms with Crippen LogP contribution in [0.5, 0.6) is 0 Å². The van der Waals surface area contributed by atoms with Crippen molar-refractivity contribution < 1.29 is 5.11 Å². The first-order valence-electron chi connectivity index (χ1n) is 6.94. The van der Waals surface area contributed by atoms with Gasteiger partial charge in [0.15, 0.2) is 0 Å². The van der Waals surface area contributed by atoms with Crippen molar-refractivity contribution in [3.8, 4) is 0 Å². The molecule has 0 radical (unpaired) electrons. The average molecular weight is 258 g/mol. The van der Waals surface area contributed by atoms with Crippen LogP contribution >= 0.6 is 0 Å². The van der Waals surface area contributed by atoms with Crippen LogP contribution in [0.15, 0.2) is 42.6 Å². The third kappa shape index (κ3) is 4.52. The number of aliphatic hydroxyl groups is 1. The van der Waals surface area contributed by atoms with Crippen molar-refractivity contribution in [1.82, 2.24) is 9.78 Å². The molecule has 3 heteroatoms. The largest absolute Gasteiger partial charge is 0.393 e. The molecule has 0 spiro atoms. The number of benzene rings is 1. The first-order chi connectivity index (χ1) is 9.25. The number of aliphatic hydroxyl groups excluding tert-OH is 1. The molecule has 1 atom stereocenters. The van der Waals surface area contributed by atoms with Gasteiger partial charge in [-0.05, 0) is 43.7 Å². The van der Waals surface area contributed by atoms with Crippen molar-refractivity contribution in [3.63, 3.8) is 0 Å². The molecule has 19 heavy (non-hydrogen) atoms. The van der Waals surface area contributed by atoms with Gasteiger partial charge in [-0.25, -0.2) is 0 Å². The second-order valence-electron chi connectivity index (χ2n) is 5.02. The molecular formula is C16H22N2O. The fourth-order valence-electron chi connectivity index (χ4n) is 2.29. The van der Waals surface area contributed by atoms with Crippen LogP contribution in [0.2, 0.25) is 0 Å². The van der Waals surface area contributed by atoms with Crippen LogP contribution in [0.3, 0.4) is 0 Å². The van der Waals surface area contributed by atoms with Crippen LogP contribution < -0.4 is 0 Å². The standard InChI is InChI=1S/C16H22N2O/c1-18-15(12-13-17-18)10-11-16(19)9-5-8-14-6-3-2-4-7-14/h2-4,6-7,12-13,16,19H,5,8-11H2,1H3. The fourth-order valence-corrected chi connectivity index (χ4v) is 2.29. The lowest BCUT2D eigenvalue weighted by Gasteiger charge is -2.10. The lowest BCUT2D eigenvalue weighted by Crippen LogP contribution is -2.10. The van der Waals surface area contributed by atoms with Crippen molar-refractivity contribution in [3.05, 3.63) is 53.9 Å². The molecule has 0 aliphatic rings. The Morgan fingerprint density at radius 2 is 1.89 bits per heavy atom. The molecule has 0 saturated carbocycles. The Kier molecular flexibility index (Phi) is 5.16. The summed E-state index contributed by atoms with van der Waals surface area (Å²) in [5.41, 5.74) is 2.53. The van der Waals surface area contributed by atoms with Crippen LogP contribution in [0.4, 0.5) is 0 Å². The van der Waals surface area contributed by atoms with E-state index in [-0.39, 0.29) is 6.10 Å². The maximum absolute atomic E-state index is 9.99. The summed E-state index contributed by atoms with van der Waals surface area (Å²) in [6.07, 6.45) is 6.25. The molecule has 3 nitrogen and oxygen atoms in total. The monoisotopic (exact) mass is 258 g/mol. The molecule has 102 valence electrons. The summed E-state index contributed by atoms with van der Waals surface area (Å²) in [4.78, 5) is 0. The van der Waals surface area contributed by atoms with Crippen LogP contribution in [0.25, 0.3) is 0 Å². The van der Waals surface area contributed by atoms with Crippen LogP contribution in [0, 0.1) is 0 Å². The third-order valence-electron chi connectivity index (χ3n) is 3.50. The maximum Gasteiger partial charge on any atom is 0.0544 e. The predicted octanol–water partition coefficient (Wildman–Crippen LogP) is 2.74. The maximum atomic E-state index is 9.99. The van der Waals surface area contributed by atoms with Crippen molar-refractivity contribution in [2.24, 2.45) is 7.05 Å². The van der Waals surface area contributed by atoms with Crippen LogP contribution in [0.1, 0.15) is 30.5 Å². The van der Waals surface area contributed by atoms with Crippen molar-refractivity contribution in [2.45, 2.75) is 38.2 Å². The summed E-state index contributed by atoms with van der Waals surface area (Å²) in [6, 6.07) is 12.5. The minimum Gasteiger partial charge on any atom is -0.393 e. The van der Waals surface area contributed by atoms with E-state index in [1.54, 1.807) is 6.20 Å². The second kappa shape index (κ2) is 7.10. The quantitative estimate of drug-likeness (QED) is 0.829. The van der Waals surface area contributed by atoms with Gasteiger partial charge >= 0.3 is 0 Å². The molecule has 2 aromatic rings. The molecule has 1 heterocycles. The molecule has 0 aliphatic heterocycles. The molecule has 1 unspecified atom stereocenters. The number of aromatic nitrogens is 2. The fraction of sp³-hybridized carbons (Fsp3) is 0.438. The lowest BCUT2D eigenvalue weighted by molar-refractivity contribution is 0.151. The molecule has 0 aliphatic carbocycles. The van der Waals surface area contributed by atoms with Crippen molar-refractivity contribution in [1.29, 1.82) is 0 Å². The van der Waals surface area contributed by atoms with Crippen LogP contribution in [-0.4, -0.2) is 21.0 Å². The van der Waals surface area contributed by atoms with E-state index in [9.17, 15) is 5.11 Å². The molecule has 0 bridgehead atoms. The van der Waals surface area contributed by atoms with Gasteiger partial charge in [0.2, 0.25) is 0 Å². The van der Waals surface area contributed by atoms with E-state index in [1.807, 2.05) is 23.9 Å². The molecule has 1 aromatic heterocycles. The predicted molar refractivity (Wildman–Crippen MR) is 76.9 cm³/mol. The molecule has 0 fully saturated rings. The molecule has 0 saturated heterocycles. The Balaban J connectivity index is 1.65. The molecule has 0 amide bonds. The molecule has 1 N–H and O–H groups in total. The van der Waals surface area contributed by atoms with Crippen LogP contribution in [-0.2, 0) is 19.9 Å². The Bertz CT molecular complexity index is 479. The van der Waals surface area contributed by atoms with Gasteiger partial charge in [-0.2, -0.15) is 5.10 Å². The number of hydrogen-bond donors (Lipinski definition) is 1. The van der Waals surface area contributed by atoms with E-state index in [4.69, 9.17) is 0 Å². The zero-order chi connectivity index (χ0) is 13.5. The van der Waals surface area contributed by atoms with E-state index in [0.29, 0.717) is 0 Å². The number of rotatable bonds is 7. The van der Waals surface area contributed by atoms with Gasteiger partial charge < -0.3 is 5.11 Å². The van der Waals surface area contributed by atoms with Gasteiger partial charge in [0.05, 0.1) is 6.10 Å². The second-order valence-corrected chi connectivity index (χ2v) is 5.02. The normalized spacial score (nSPS) is 12.5. The third-order valence-corrected chi connectivity index (χ3v) is 3.50. The lowest BCUT2D eigenvalue weighted by atomic mass is 10.0. The summed E-state index contributed by atoms with van der Waals surface area (Å²) in [7, 11) is 1.94. The number of nitrogens with zero attached hydrogens (tertiary/aromatic N) is 2. The summed E-state index contributed by atoms with van der Waals surface area (Å²) in [5.74, 6) is 0.